The van der Waals surface area contributed by atoms with Crippen molar-refractivity contribution >= 4 is 28.9 Å². The monoisotopic (exact) mass is 414 g/mol. The van der Waals surface area contributed by atoms with Crippen molar-refractivity contribution in [1.82, 2.24) is 20.2 Å². The zero-order chi connectivity index (χ0) is 20.5. The molecule has 2 amide bonds. The Labute approximate surface area is 172 Å². The van der Waals surface area contributed by atoms with Crippen LogP contribution in [0.15, 0.2) is 36.4 Å². The number of nitrogens with one attached hydrogen (secondary N) is 2. The average Bonchev–Trinajstić information content (AvgIpc) is 3.48. The van der Waals surface area contributed by atoms with E-state index in [1.165, 1.54) is 19.1 Å². The van der Waals surface area contributed by atoms with Gasteiger partial charge in [0.2, 0.25) is 5.91 Å². The van der Waals surface area contributed by atoms with E-state index in [0.29, 0.717) is 29.2 Å². The molecule has 0 spiro atoms. The zero-order valence-corrected chi connectivity index (χ0v) is 16.6. The first-order chi connectivity index (χ1) is 13.9. The molecule has 1 aromatic carbocycles. The Bertz CT molecular complexity index is 1110. The molecule has 2 aromatic heterocycles. The second kappa shape index (κ2) is 7.83. The summed E-state index contributed by atoms with van der Waals surface area (Å²) in [6.45, 7) is 1.98. The minimum Gasteiger partial charge on any atom is -0.355 e. The number of aromatic nitrogens is 2. The molecule has 1 aliphatic carbocycles. The lowest BCUT2D eigenvalue weighted by Crippen LogP contribution is -2.33. The van der Waals surface area contributed by atoms with Gasteiger partial charge in [-0.2, -0.15) is 5.10 Å². The van der Waals surface area contributed by atoms with E-state index in [-0.39, 0.29) is 29.0 Å². The second-order valence-corrected chi connectivity index (χ2v) is 7.53. The van der Waals surface area contributed by atoms with Crippen molar-refractivity contribution in [3.8, 4) is 11.3 Å². The van der Waals surface area contributed by atoms with Gasteiger partial charge in [-0.1, -0.05) is 23.7 Å². The summed E-state index contributed by atoms with van der Waals surface area (Å²) < 4.78 is 15.4. The van der Waals surface area contributed by atoms with Crippen LogP contribution in [0.25, 0.3) is 16.8 Å². The third-order valence-corrected chi connectivity index (χ3v) is 5.24. The van der Waals surface area contributed by atoms with E-state index in [9.17, 15) is 14.0 Å². The fourth-order valence-corrected chi connectivity index (χ4v) is 3.55. The molecule has 6 nitrogen and oxygen atoms in total. The number of carbonyl (C=O) groups is 2. The van der Waals surface area contributed by atoms with Crippen LogP contribution in [0.4, 0.5) is 4.39 Å². The molecule has 2 N–H and O–H groups in total. The van der Waals surface area contributed by atoms with Crippen molar-refractivity contribution in [2.24, 2.45) is 0 Å². The van der Waals surface area contributed by atoms with Crippen molar-refractivity contribution in [1.29, 1.82) is 0 Å². The first-order valence-corrected chi connectivity index (χ1v) is 9.82. The molecule has 0 bridgehead atoms. The van der Waals surface area contributed by atoms with E-state index in [4.69, 9.17) is 11.6 Å². The van der Waals surface area contributed by atoms with Crippen LogP contribution in [0.2, 0.25) is 5.02 Å². The lowest BCUT2D eigenvalue weighted by Gasteiger charge is -2.09. The Morgan fingerprint density at radius 2 is 1.97 bits per heavy atom. The van der Waals surface area contributed by atoms with Gasteiger partial charge >= 0.3 is 0 Å². The fourth-order valence-electron chi connectivity index (χ4n) is 3.29. The topological polar surface area (TPSA) is 75.5 Å². The molecule has 0 unspecified atom stereocenters. The van der Waals surface area contributed by atoms with E-state index in [0.717, 1.165) is 18.4 Å². The molecule has 0 saturated heterocycles. The number of fused-ring (bicyclic) bond motifs is 1. The Balaban J connectivity index is 1.73. The van der Waals surface area contributed by atoms with Gasteiger partial charge in [0, 0.05) is 25.6 Å². The van der Waals surface area contributed by atoms with Crippen molar-refractivity contribution in [3.05, 3.63) is 58.5 Å². The molecule has 1 aliphatic rings. The van der Waals surface area contributed by atoms with Crippen LogP contribution in [0, 0.1) is 5.82 Å². The lowest BCUT2D eigenvalue weighted by molar-refractivity contribution is -0.118. The molecule has 150 valence electrons. The minimum atomic E-state index is -0.429. The second-order valence-electron chi connectivity index (χ2n) is 7.16. The Morgan fingerprint density at radius 3 is 2.66 bits per heavy atom. The molecule has 1 saturated carbocycles. The average molecular weight is 415 g/mol. The van der Waals surface area contributed by atoms with Crippen LogP contribution in [0.1, 0.15) is 41.7 Å². The highest BCUT2D eigenvalue weighted by Crippen LogP contribution is 2.42. The number of amides is 2. The van der Waals surface area contributed by atoms with Gasteiger partial charge < -0.3 is 10.6 Å². The summed E-state index contributed by atoms with van der Waals surface area (Å²) in [5, 5.41) is 9.98. The van der Waals surface area contributed by atoms with Crippen LogP contribution in [0.3, 0.4) is 0 Å². The summed E-state index contributed by atoms with van der Waals surface area (Å²) >= 11 is 6.52. The molecule has 0 aliphatic heterocycles. The van der Waals surface area contributed by atoms with Crippen molar-refractivity contribution < 1.29 is 14.0 Å². The number of hydrogen-bond donors (Lipinski definition) is 2. The van der Waals surface area contributed by atoms with E-state index in [1.54, 1.807) is 16.6 Å². The molecule has 0 atom stereocenters. The van der Waals surface area contributed by atoms with Gasteiger partial charge in [0.1, 0.15) is 5.82 Å². The maximum absolute atomic E-state index is 13.8. The molecule has 8 heteroatoms. The van der Waals surface area contributed by atoms with Gasteiger partial charge in [0.25, 0.3) is 5.91 Å². The lowest BCUT2D eigenvalue weighted by atomic mass is 10.1. The number of rotatable bonds is 6. The van der Waals surface area contributed by atoms with E-state index < -0.39 is 5.91 Å². The minimum absolute atomic E-state index is 0.0973. The number of hydrogen-bond acceptors (Lipinski definition) is 3. The Kier molecular flexibility index (Phi) is 5.24. The smallest absolute Gasteiger partial charge is 0.273 e. The summed E-state index contributed by atoms with van der Waals surface area (Å²) in [4.78, 5) is 23.5. The first kappa shape index (κ1) is 19.4. The molecule has 2 heterocycles. The van der Waals surface area contributed by atoms with Crippen LogP contribution >= 0.6 is 11.6 Å². The van der Waals surface area contributed by atoms with Crippen LogP contribution < -0.4 is 10.6 Å². The van der Waals surface area contributed by atoms with Gasteiger partial charge in [-0.15, -0.1) is 0 Å². The van der Waals surface area contributed by atoms with Crippen LogP contribution in [-0.2, 0) is 4.79 Å². The van der Waals surface area contributed by atoms with Gasteiger partial charge in [-0.05, 0) is 48.6 Å². The number of nitrogens with zero attached hydrogens (tertiary/aromatic N) is 2. The van der Waals surface area contributed by atoms with E-state index in [1.807, 2.05) is 12.1 Å². The summed E-state index contributed by atoms with van der Waals surface area (Å²) in [6.07, 6.45) is 2.20. The standard InChI is InChI=1S/C21H20ClFN4O2/c1-12(28)24-7-8-25-21(29)20-19(22)18-11-15(13-5-6-13)10-17(27(18)26-20)14-3-2-4-16(23)9-14/h2-4,9-11,13H,5-8H2,1H3,(H,24,28)(H,25,29). The Morgan fingerprint density at radius 1 is 1.21 bits per heavy atom. The van der Waals surface area contributed by atoms with Crippen molar-refractivity contribution in [3.63, 3.8) is 0 Å². The van der Waals surface area contributed by atoms with Gasteiger partial charge in [0.05, 0.1) is 16.2 Å². The molecule has 0 radical (unpaired) electrons. The molecule has 1 fully saturated rings. The van der Waals surface area contributed by atoms with Gasteiger partial charge in [-0.25, -0.2) is 8.91 Å². The highest BCUT2D eigenvalue weighted by molar-refractivity contribution is 6.36. The number of carbonyl (C=O) groups excluding carboxylic acids is 2. The number of pyridine rings is 1. The van der Waals surface area contributed by atoms with Crippen LogP contribution in [0.5, 0.6) is 0 Å². The van der Waals surface area contributed by atoms with E-state index in [2.05, 4.69) is 15.7 Å². The summed E-state index contributed by atoms with van der Waals surface area (Å²) in [5.41, 5.74) is 3.16. The first-order valence-electron chi connectivity index (χ1n) is 9.45. The maximum Gasteiger partial charge on any atom is 0.273 e. The summed E-state index contributed by atoms with van der Waals surface area (Å²) in [5.74, 6) is -0.491. The molecular weight excluding hydrogens is 395 g/mol. The predicted octanol–water partition coefficient (Wildman–Crippen LogP) is 3.54. The van der Waals surface area contributed by atoms with Gasteiger partial charge in [-0.3, -0.25) is 9.59 Å². The van der Waals surface area contributed by atoms with Crippen molar-refractivity contribution in [2.45, 2.75) is 25.7 Å². The quantitative estimate of drug-likeness (QED) is 0.606. The highest BCUT2D eigenvalue weighted by Gasteiger charge is 2.27. The van der Waals surface area contributed by atoms with E-state index >= 15 is 0 Å². The van der Waals surface area contributed by atoms with Gasteiger partial charge in [0.15, 0.2) is 5.69 Å². The van der Waals surface area contributed by atoms with Crippen LogP contribution in [-0.4, -0.2) is 34.5 Å². The van der Waals surface area contributed by atoms with Crippen molar-refractivity contribution in [2.75, 3.05) is 13.1 Å². The maximum atomic E-state index is 13.8. The molecule has 3 aromatic rings. The normalized spacial score (nSPS) is 13.5. The number of benzene rings is 1. The molecule has 4 rings (SSSR count). The Hall–Kier alpha value is -2.93. The number of halogens is 2. The fraction of sp³-hybridized carbons (Fsp3) is 0.286. The third-order valence-electron chi connectivity index (χ3n) is 4.86. The highest BCUT2D eigenvalue weighted by atomic mass is 35.5. The zero-order valence-electron chi connectivity index (χ0n) is 15.8. The molecular formula is C21H20ClFN4O2. The largest absolute Gasteiger partial charge is 0.355 e. The SMILES string of the molecule is CC(=O)NCCNC(=O)c1nn2c(-c3cccc(F)c3)cc(C3CC3)cc2c1Cl. The third kappa shape index (κ3) is 4.10. The summed E-state index contributed by atoms with van der Waals surface area (Å²) in [7, 11) is 0. The molecule has 29 heavy (non-hydrogen) atoms. The predicted molar refractivity (Wildman–Crippen MR) is 109 cm³/mol. The summed E-state index contributed by atoms with van der Waals surface area (Å²) in [6, 6.07) is 10.2.